The van der Waals surface area contributed by atoms with E-state index in [4.69, 9.17) is 4.74 Å². The number of cyclic esters (lactones) is 1. The molecule has 0 saturated carbocycles. The first kappa shape index (κ1) is 13.7. The summed E-state index contributed by atoms with van der Waals surface area (Å²) in [5.41, 5.74) is 2.85. The van der Waals surface area contributed by atoms with Crippen LogP contribution in [0.4, 0.5) is 5.69 Å². The molecule has 0 amide bonds. The van der Waals surface area contributed by atoms with E-state index in [1.165, 1.54) is 0 Å². The van der Waals surface area contributed by atoms with Gasteiger partial charge in [0.25, 0.3) is 0 Å². The number of hydrogen-bond acceptors (Lipinski definition) is 4. The molecule has 106 valence electrons. The lowest BCUT2D eigenvalue weighted by Crippen LogP contribution is -2.03. The fraction of sp³-hybridized carbons (Fsp3) is 0.0625. The van der Waals surface area contributed by atoms with Gasteiger partial charge in [0.15, 0.2) is 0 Å². The number of anilines is 1. The number of carbonyl (C=O) groups excluding carboxylic acids is 1. The van der Waals surface area contributed by atoms with Gasteiger partial charge in [0.05, 0.1) is 11.3 Å². The number of carbonyl (C=O) groups is 1. The molecule has 21 heavy (non-hydrogen) atoms. The summed E-state index contributed by atoms with van der Waals surface area (Å²) in [4.78, 5) is 11.9. The van der Waals surface area contributed by atoms with Gasteiger partial charge in [-0.05, 0) is 42.0 Å². The summed E-state index contributed by atoms with van der Waals surface area (Å²) in [5.74, 6) is -0.139. The van der Waals surface area contributed by atoms with E-state index in [0.29, 0.717) is 11.3 Å². The largest absolute Gasteiger partial charge is 0.508 e. The highest BCUT2D eigenvalue weighted by molar-refractivity contribution is 9.10. The van der Waals surface area contributed by atoms with Crippen molar-refractivity contribution < 1.29 is 14.6 Å². The molecule has 0 unspecified atom stereocenters. The second-order valence-corrected chi connectivity index (χ2v) is 5.52. The maximum absolute atomic E-state index is 11.9. The summed E-state index contributed by atoms with van der Waals surface area (Å²) in [5, 5.41) is 12.5. The molecule has 4 nitrogen and oxygen atoms in total. The molecule has 0 saturated heterocycles. The molecule has 1 aliphatic rings. The number of benzene rings is 2. The van der Waals surface area contributed by atoms with Crippen molar-refractivity contribution in [2.24, 2.45) is 0 Å². The average Bonchev–Trinajstić information content (AvgIpc) is 2.83. The number of ether oxygens (including phenoxy) is 1. The molecule has 1 heterocycles. The van der Waals surface area contributed by atoms with Gasteiger partial charge in [-0.3, -0.25) is 0 Å². The summed E-state index contributed by atoms with van der Waals surface area (Å²) in [6, 6.07) is 14.1. The first-order valence-electron chi connectivity index (χ1n) is 6.36. The lowest BCUT2D eigenvalue weighted by Gasteiger charge is -2.08. The van der Waals surface area contributed by atoms with E-state index >= 15 is 0 Å². The lowest BCUT2D eigenvalue weighted by molar-refractivity contribution is -0.134. The highest BCUT2D eigenvalue weighted by Gasteiger charge is 2.26. The van der Waals surface area contributed by atoms with Crippen molar-refractivity contribution in [1.29, 1.82) is 0 Å². The number of phenolic OH excluding ortho intramolecular Hbond substituents is 1. The Morgan fingerprint density at radius 3 is 2.38 bits per heavy atom. The van der Waals surface area contributed by atoms with Gasteiger partial charge in [0.1, 0.15) is 12.4 Å². The minimum Gasteiger partial charge on any atom is -0.508 e. The van der Waals surface area contributed by atoms with E-state index in [2.05, 4.69) is 21.2 Å². The van der Waals surface area contributed by atoms with Gasteiger partial charge >= 0.3 is 5.97 Å². The van der Waals surface area contributed by atoms with Crippen LogP contribution >= 0.6 is 15.9 Å². The summed E-state index contributed by atoms with van der Waals surface area (Å²) in [7, 11) is 0. The molecule has 2 N–H and O–H groups in total. The SMILES string of the molecule is O=C1OCC(Nc2ccc(O)cc2)=C1c1ccc(Br)cc1. The van der Waals surface area contributed by atoms with Crippen LogP contribution in [-0.2, 0) is 9.53 Å². The van der Waals surface area contributed by atoms with Crippen LogP contribution in [0.15, 0.2) is 58.7 Å². The normalized spacial score (nSPS) is 14.2. The Bertz CT molecular complexity index is 705. The van der Waals surface area contributed by atoms with Crippen LogP contribution in [0, 0.1) is 0 Å². The Kier molecular flexibility index (Phi) is 3.66. The molecular formula is C16H12BrNO3. The first-order chi connectivity index (χ1) is 10.1. The molecule has 0 bridgehead atoms. The highest BCUT2D eigenvalue weighted by atomic mass is 79.9. The average molecular weight is 346 g/mol. The first-order valence-corrected chi connectivity index (χ1v) is 7.15. The number of hydrogen-bond donors (Lipinski definition) is 2. The topological polar surface area (TPSA) is 58.6 Å². The smallest absolute Gasteiger partial charge is 0.341 e. The number of halogens is 1. The molecule has 1 aliphatic heterocycles. The van der Waals surface area contributed by atoms with Crippen LogP contribution in [-0.4, -0.2) is 17.7 Å². The molecule has 0 aliphatic carbocycles. The molecule has 0 radical (unpaired) electrons. The predicted octanol–water partition coefficient (Wildman–Crippen LogP) is 3.53. The highest BCUT2D eigenvalue weighted by Crippen LogP contribution is 2.28. The van der Waals surface area contributed by atoms with Crippen LogP contribution in [0.5, 0.6) is 5.75 Å². The minimum atomic E-state index is -0.335. The Hall–Kier alpha value is -2.27. The van der Waals surface area contributed by atoms with E-state index in [1.807, 2.05) is 24.3 Å². The molecule has 0 atom stereocenters. The van der Waals surface area contributed by atoms with Crippen molar-refractivity contribution in [3.63, 3.8) is 0 Å². The van der Waals surface area contributed by atoms with Crippen molar-refractivity contribution in [2.45, 2.75) is 0 Å². The molecule has 2 aromatic rings. The zero-order valence-electron chi connectivity index (χ0n) is 11.0. The third-order valence-corrected chi connectivity index (χ3v) is 3.68. The quantitative estimate of drug-likeness (QED) is 0.659. The number of esters is 1. The molecule has 0 spiro atoms. The second-order valence-electron chi connectivity index (χ2n) is 4.61. The van der Waals surface area contributed by atoms with Crippen molar-refractivity contribution in [3.05, 3.63) is 64.3 Å². The summed E-state index contributed by atoms with van der Waals surface area (Å²) >= 11 is 3.37. The van der Waals surface area contributed by atoms with Crippen molar-refractivity contribution in [2.75, 3.05) is 11.9 Å². The van der Waals surface area contributed by atoms with Crippen LogP contribution in [0.25, 0.3) is 5.57 Å². The fourth-order valence-electron chi connectivity index (χ4n) is 2.13. The van der Waals surface area contributed by atoms with Crippen molar-refractivity contribution in [1.82, 2.24) is 0 Å². The molecule has 0 fully saturated rings. The Balaban J connectivity index is 1.95. The van der Waals surface area contributed by atoms with Gasteiger partial charge in [0, 0.05) is 10.2 Å². The zero-order valence-corrected chi connectivity index (χ0v) is 12.6. The summed E-state index contributed by atoms with van der Waals surface area (Å²) in [6.07, 6.45) is 0. The number of phenols is 1. The van der Waals surface area contributed by atoms with Gasteiger partial charge in [-0.25, -0.2) is 4.79 Å². The van der Waals surface area contributed by atoms with E-state index < -0.39 is 0 Å². The van der Waals surface area contributed by atoms with Gasteiger partial charge in [0.2, 0.25) is 0 Å². The molecule has 0 aromatic heterocycles. The zero-order chi connectivity index (χ0) is 14.8. The number of nitrogens with one attached hydrogen (secondary N) is 1. The summed E-state index contributed by atoms with van der Waals surface area (Å²) < 4.78 is 6.07. The third kappa shape index (κ3) is 2.92. The van der Waals surface area contributed by atoms with Gasteiger partial charge in [-0.2, -0.15) is 0 Å². The van der Waals surface area contributed by atoms with Crippen LogP contribution < -0.4 is 5.32 Å². The van der Waals surface area contributed by atoms with E-state index in [9.17, 15) is 9.90 Å². The number of aromatic hydroxyl groups is 1. The van der Waals surface area contributed by atoms with Crippen molar-refractivity contribution in [3.8, 4) is 5.75 Å². The molecule has 5 heteroatoms. The number of rotatable bonds is 3. The fourth-order valence-corrected chi connectivity index (χ4v) is 2.40. The predicted molar refractivity (Wildman–Crippen MR) is 83.8 cm³/mol. The Morgan fingerprint density at radius 1 is 1.05 bits per heavy atom. The molecule has 2 aromatic carbocycles. The van der Waals surface area contributed by atoms with Crippen LogP contribution in [0.3, 0.4) is 0 Å². The van der Waals surface area contributed by atoms with Gasteiger partial charge < -0.3 is 15.2 Å². The van der Waals surface area contributed by atoms with E-state index in [0.717, 1.165) is 15.7 Å². The standard InChI is InChI=1S/C16H12BrNO3/c17-11-3-1-10(2-4-11)15-14(9-21-16(15)20)18-12-5-7-13(19)8-6-12/h1-8,18-19H,9H2. The summed E-state index contributed by atoms with van der Waals surface area (Å²) in [6.45, 7) is 0.213. The maximum atomic E-state index is 11.9. The third-order valence-electron chi connectivity index (χ3n) is 3.15. The van der Waals surface area contributed by atoms with Crippen molar-refractivity contribution >= 4 is 33.2 Å². The maximum Gasteiger partial charge on any atom is 0.341 e. The molecule has 3 rings (SSSR count). The Labute approximate surface area is 130 Å². The molecular weight excluding hydrogens is 334 g/mol. The second kappa shape index (κ2) is 5.61. The van der Waals surface area contributed by atoms with E-state index in [-0.39, 0.29) is 18.3 Å². The lowest BCUT2D eigenvalue weighted by atomic mass is 10.1. The van der Waals surface area contributed by atoms with E-state index in [1.54, 1.807) is 24.3 Å². The van der Waals surface area contributed by atoms with Crippen LogP contribution in [0.2, 0.25) is 0 Å². The van der Waals surface area contributed by atoms with Gasteiger partial charge in [-0.1, -0.05) is 28.1 Å². The van der Waals surface area contributed by atoms with Crippen LogP contribution in [0.1, 0.15) is 5.56 Å². The van der Waals surface area contributed by atoms with Gasteiger partial charge in [-0.15, -0.1) is 0 Å². The Morgan fingerprint density at radius 2 is 1.71 bits per heavy atom. The monoisotopic (exact) mass is 345 g/mol. The minimum absolute atomic E-state index is 0.196.